The smallest absolute Gasteiger partial charge is 0.368 e. The largest absolute Gasteiger partial charge is 0.416 e. The maximum absolute atomic E-state index is 12.6. The van der Waals surface area contributed by atoms with Gasteiger partial charge in [0.1, 0.15) is 0 Å². The van der Waals surface area contributed by atoms with E-state index in [1.165, 1.54) is 23.4 Å². The number of hydrogen-bond donors (Lipinski definition) is 2. The third-order valence-corrected chi connectivity index (χ3v) is 4.93. The first-order chi connectivity index (χ1) is 12.8. The molecule has 0 unspecified atom stereocenters. The quantitative estimate of drug-likeness (QED) is 0.562. The molecular weight excluding hydrogens is 371 g/mol. The van der Waals surface area contributed by atoms with Crippen LogP contribution in [-0.4, -0.2) is 24.2 Å². The molecule has 0 spiro atoms. The molecule has 0 aliphatic carbocycles. The van der Waals surface area contributed by atoms with Crippen molar-refractivity contribution in [2.75, 3.05) is 23.3 Å². The summed E-state index contributed by atoms with van der Waals surface area (Å²) in [6, 6.07) is 13.8. The van der Waals surface area contributed by atoms with E-state index in [1.807, 2.05) is 0 Å². The predicted octanol–water partition coefficient (Wildman–Crippen LogP) is 4.83. The molecule has 0 bridgehead atoms. The van der Waals surface area contributed by atoms with E-state index >= 15 is 0 Å². The van der Waals surface area contributed by atoms with Crippen LogP contribution < -0.4 is 15.5 Å². The van der Waals surface area contributed by atoms with E-state index in [0.717, 1.165) is 31.5 Å². The molecule has 27 heavy (non-hydrogen) atoms. The number of hydrogen-bond acceptors (Lipinski definition) is 2. The van der Waals surface area contributed by atoms with E-state index in [4.69, 9.17) is 12.2 Å². The minimum Gasteiger partial charge on any atom is -0.368 e. The van der Waals surface area contributed by atoms with Crippen molar-refractivity contribution in [3.63, 3.8) is 0 Å². The molecule has 2 aromatic carbocycles. The van der Waals surface area contributed by atoms with Gasteiger partial charge in [-0.15, -0.1) is 0 Å². The fraction of sp³-hybridized carbons (Fsp3) is 0.350. The number of anilines is 2. The van der Waals surface area contributed by atoms with Gasteiger partial charge in [0.05, 0.1) is 5.56 Å². The number of fused-ring (bicyclic) bond motifs is 1. The third-order valence-electron chi connectivity index (χ3n) is 4.68. The summed E-state index contributed by atoms with van der Waals surface area (Å²) < 4.78 is 37.7. The zero-order valence-corrected chi connectivity index (χ0v) is 15.8. The fourth-order valence-corrected chi connectivity index (χ4v) is 3.56. The van der Waals surface area contributed by atoms with Gasteiger partial charge >= 0.3 is 6.18 Å². The van der Waals surface area contributed by atoms with Crippen molar-refractivity contribution in [1.29, 1.82) is 0 Å². The molecule has 3 nitrogen and oxygen atoms in total. The van der Waals surface area contributed by atoms with Crippen molar-refractivity contribution in [3.8, 4) is 0 Å². The number of nitrogens with zero attached hydrogens (tertiary/aromatic N) is 1. The molecule has 144 valence electrons. The van der Waals surface area contributed by atoms with Gasteiger partial charge in [-0.1, -0.05) is 18.2 Å². The molecule has 2 aromatic rings. The van der Waals surface area contributed by atoms with E-state index < -0.39 is 11.7 Å². The zero-order chi connectivity index (χ0) is 19.4. The van der Waals surface area contributed by atoms with Crippen molar-refractivity contribution in [1.82, 2.24) is 5.32 Å². The topological polar surface area (TPSA) is 27.3 Å². The lowest BCUT2D eigenvalue weighted by Gasteiger charge is -2.25. The van der Waals surface area contributed by atoms with Crippen molar-refractivity contribution in [2.24, 2.45) is 0 Å². The van der Waals surface area contributed by atoms with Crippen LogP contribution in [0.15, 0.2) is 48.5 Å². The first-order valence-electron chi connectivity index (χ1n) is 8.91. The lowest BCUT2D eigenvalue weighted by Crippen LogP contribution is -2.34. The normalized spacial score (nSPS) is 16.1. The van der Waals surface area contributed by atoms with Gasteiger partial charge < -0.3 is 15.5 Å². The zero-order valence-electron chi connectivity index (χ0n) is 15.0. The Bertz CT molecular complexity index is 790. The molecule has 1 aliphatic heterocycles. The molecule has 3 rings (SSSR count). The lowest BCUT2D eigenvalue weighted by molar-refractivity contribution is -0.137. The van der Waals surface area contributed by atoms with E-state index in [1.54, 1.807) is 0 Å². The van der Waals surface area contributed by atoms with Crippen LogP contribution in [0.3, 0.4) is 0 Å². The maximum Gasteiger partial charge on any atom is 0.416 e. The number of para-hydroxylation sites is 1. The van der Waals surface area contributed by atoms with Gasteiger partial charge in [0, 0.05) is 30.5 Å². The van der Waals surface area contributed by atoms with Crippen molar-refractivity contribution in [3.05, 3.63) is 59.7 Å². The molecule has 1 heterocycles. The van der Waals surface area contributed by atoms with E-state index in [-0.39, 0.29) is 0 Å². The van der Waals surface area contributed by atoms with E-state index in [0.29, 0.717) is 23.4 Å². The third kappa shape index (κ3) is 4.91. The van der Waals surface area contributed by atoms with E-state index in [9.17, 15) is 13.2 Å². The summed E-state index contributed by atoms with van der Waals surface area (Å²) in [4.78, 5) is 2.41. The molecule has 2 N–H and O–H groups in total. The highest BCUT2D eigenvalue weighted by atomic mass is 32.1. The first kappa shape index (κ1) is 19.5. The molecule has 0 radical (unpaired) electrons. The van der Waals surface area contributed by atoms with Gasteiger partial charge in [0.2, 0.25) is 0 Å². The van der Waals surface area contributed by atoms with Gasteiger partial charge in [-0.2, -0.15) is 13.2 Å². The van der Waals surface area contributed by atoms with Gasteiger partial charge in [-0.05, 0) is 67.9 Å². The maximum atomic E-state index is 12.6. The average molecular weight is 393 g/mol. The highest BCUT2D eigenvalue weighted by Crippen LogP contribution is 2.31. The molecule has 0 saturated carbocycles. The number of benzene rings is 2. The number of thiocarbonyl (C=S) groups is 1. The molecule has 1 aliphatic rings. The number of nitrogens with one attached hydrogen (secondary N) is 2. The number of halogens is 3. The molecule has 7 heteroatoms. The van der Waals surface area contributed by atoms with Gasteiger partial charge in [0.15, 0.2) is 5.11 Å². The fourth-order valence-electron chi connectivity index (χ4n) is 3.34. The van der Waals surface area contributed by atoms with Gasteiger partial charge in [0.25, 0.3) is 0 Å². The summed E-state index contributed by atoms with van der Waals surface area (Å²) in [5.74, 6) is 0. The summed E-state index contributed by atoms with van der Waals surface area (Å²) in [7, 11) is 0. The van der Waals surface area contributed by atoms with Crippen LogP contribution in [0, 0.1) is 0 Å². The Morgan fingerprint density at radius 3 is 2.56 bits per heavy atom. The Kier molecular flexibility index (Phi) is 5.89. The Morgan fingerprint density at radius 2 is 1.85 bits per heavy atom. The summed E-state index contributed by atoms with van der Waals surface area (Å²) >= 11 is 5.22. The number of alkyl halides is 3. The summed E-state index contributed by atoms with van der Waals surface area (Å²) in [6.45, 7) is 3.84. The van der Waals surface area contributed by atoms with Crippen molar-refractivity contribution >= 4 is 28.7 Å². The average Bonchev–Trinajstić information content (AvgIpc) is 2.94. The van der Waals surface area contributed by atoms with Gasteiger partial charge in [-0.25, -0.2) is 0 Å². The molecule has 0 aromatic heterocycles. The van der Waals surface area contributed by atoms with Crippen LogP contribution in [0.2, 0.25) is 0 Å². The second-order valence-electron chi connectivity index (χ2n) is 6.68. The minimum atomic E-state index is -4.33. The Balaban J connectivity index is 1.43. The summed E-state index contributed by atoms with van der Waals surface area (Å²) in [6.07, 6.45) is -2.35. The summed E-state index contributed by atoms with van der Waals surface area (Å²) in [5.41, 5.74) is 2.54. The van der Waals surface area contributed by atoms with Crippen molar-refractivity contribution in [2.45, 2.75) is 32.0 Å². The second kappa shape index (κ2) is 8.17. The molecular formula is C20H22F3N3S. The molecule has 1 atom stereocenters. The predicted molar refractivity (Wildman–Crippen MR) is 107 cm³/mol. The Hall–Kier alpha value is -2.28. The molecule has 0 amide bonds. The van der Waals surface area contributed by atoms with Crippen LogP contribution in [-0.2, 0) is 12.6 Å². The van der Waals surface area contributed by atoms with Gasteiger partial charge in [-0.3, -0.25) is 0 Å². The molecule has 0 saturated heterocycles. The lowest BCUT2D eigenvalue weighted by atomic mass is 10.1. The SMILES string of the molecule is C[C@@H]1Cc2ccccc2N1CCCNC(=S)Nc1ccc(C(F)(F)F)cc1. The Labute approximate surface area is 162 Å². The van der Waals surface area contributed by atoms with Crippen molar-refractivity contribution < 1.29 is 13.2 Å². The minimum absolute atomic E-state index is 0.407. The molecule has 0 fully saturated rings. The van der Waals surface area contributed by atoms with Crippen LogP contribution in [0.5, 0.6) is 0 Å². The standard InChI is InChI=1S/C20H22F3N3S/c1-14-13-15-5-2-3-6-18(15)26(14)12-4-11-24-19(27)25-17-9-7-16(8-10-17)20(21,22)23/h2-3,5-10,14H,4,11-13H2,1H3,(H2,24,25,27)/t14-/m1/s1. The van der Waals surface area contributed by atoms with Crippen LogP contribution in [0.1, 0.15) is 24.5 Å². The first-order valence-corrected chi connectivity index (χ1v) is 9.32. The summed E-state index contributed by atoms with van der Waals surface area (Å²) in [5, 5.41) is 6.43. The highest BCUT2D eigenvalue weighted by molar-refractivity contribution is 7.80. The second-order valence-corrected chi connectivity index (χ2v) is 7.09. The highest BCUT2D eigenvalue weighted by Gasteiger charge is 2.30. The van der Waals surface area contributed by atoms with E-state index in [2.05, 4.69) is 46.7 Å². The monoisotopic (exact) mass is 393 g/mol. The Morgan fingerprint density at radius 1 is 1.15 bits per heavy atom. The van der Waals surface area contributed by atoms with Crippen LogP contribution >= 0.6 is 12.2 Å². The van der Waals surface area contributed by atoms with Crippen LogP contribution in [0.25, 0.3) is 0 Å². The van der Waals surface area contributed by atoms with Crippen LogP contribution in [0.4, 0.5) is 24.5 Å². The number of rotatable bonds is 5.